The minimum absolute atomic E-state index is 0.157. The average molecular weight is 410 g/mol. The zero-order valence-electron chi connectivity index (χ0n) is 17.0. The van der Waals surface area contributed by atoms with Crippen LogP contribution in [0.1, 0.15) is 35.7 Å². The Morgan fingerprint density at radius 2 is 1.83 bits per heavy atom. The van der Waals surface area contributed by atoms with Gasteiger partial charge in [0, 0.05) is 18.7 Å². The average Bonchev–Trinajstić information content (AvgIpc) is 2.78. The van der Waals surface area contributed by atoms with Gasteiger partial charge in [-0.2, -0.15) is 0 Å². The van der Waals surface area contributed by atoms with E-state index in [4.69, 9.17) is 9.47 Å². The van der Waals surface area contributed by atoms with Crippen LogP contribution in [0.25, 0.3) is 0 Å². The molecule has 0 spiro atoms. The normalized spacial score (nSPS) is 16.0. The molecule has 2 aromatic rings. The van der Waals surface area contributed by atoms with Gasteiger partial charge in [-0.3, -0.25) is 14.4 Å². The monoisotopic (exact) mass is 410 g/mol. The standard InChI is InChI=1S/C23H26N2O5/c1-2-14-29-21(26)15-20-22(27)24-12-13-25(20)23(28)18-8-10-19(11-9-18)30-16-17-6-4-3-5-7-17/h3-11,20H,2,12-16H2,1H3,(H,24,27). The number of ether oxygens (including phenoxy) is 2. The number of carbonyl (C=O) groups excluding carboxylic acids is 3. The SMILES string of the molecule is CCCOC(=O)CC1C(=O)NCCN1C(=O)c1ccc(OCc2ccccc2)cc1. The molecular weight excluding hydrogens is 384 g/mol. The van der Waals surface area contributed by atoms with E-state index in [2.05, 4.69) is 5.32 Å². The fourth-order valence-corrected chi connectivity index (χ4v) is 3.19. The Labute approximate surface area is 176 Å². The van der Waals surface area contributed by atoms with Gasteiger partial charge in [0.05, 0.1) is 13.0 Å². The summed E-state index contributed by atoms with van der Waals surface area (Å²) in [5, 5.41) is 2.71. The van der Waals surface area contributed by atoms with Gasteiger partial charge in [-0.15, -0.1) is 0 Å². The largest absolute Gasteiger partial charge is 0.489 e. The molecule has 7 heteroatoms. The molecule has 2 aromatic carbocycles. The summed E-state index contributed by atoms with van der Waals surface area (Å²) in [6.07, 6.45) is 0.541. The first-order valence-electron chi connectivity index (χ1n) is 10.1. The Kier molecular flexibility index (Phi) is 7.43. The van der Waals surface area contributed by atoms with Crippen LogP contribution in [0.3, 0.4) is 0 Å². The lowest BCUT2D eigenvalue weighted by Crippen LogP contribution is -2.57. The predicted molar refractivity (Wildman–Crippen MR) is 111 cm³/mol. The molecule has 1 atom stereocenters. The summed E-state index contributed by atoms with van der Waals surface area (Å²) in [4.78, 5) is 38.7. The summed E-state index contributed by atoms with van der Waals surface area (Å²) in [7, 11) is 0. The maximum Gasteiger partial charge on any atom is 0.308 e. The molecule has 1 aliphatic heterocycles. The summed E-state index contributed by atoms with van der Waals surface area (Å²) in [6, 6.07) is 15.7. The quantitative estimate of drug-likeness (QED) is 0.676. The molecule has 1 N–H and O–H groups in total. The number of carbonyl (C=O) groups is 3. The molecule has 1 unspecified atom stereocenters. The molecule has 1 fully saturated rings. The summed E-state index contributed by atoms with van der Waals surface area (Å²) in [5.74, 6) is -0.480. The van der Waals surface area contributed by atoms with Crippen molar-refractivity contribution in [1.82, 2.24) is 10.2 Å². The lowest BCUT2D eigenvalue weighted by molar-refractivity contribution is -0.147. The zero-order valence-corrected chi connectivity index (χ0v) is 17.0. The van der Waals surface area contributed by atoms with Crippen molar-refractivity contribution in [2.45, 2.75) is 32.4 Å². The third-order valence-corrected chi connectivity index (χ3v) is 4.77. The lowest BCUT2D eigenvalue weighted by Gasteiger charge is -2.34. The van der Waals surface area contributed by atoms with Crippen molar-refractivity contribution in [2.24, 2.45) is 0 Å². The maximum atomic E-state index is 13.0. The van der Waals surface area contributed by atoms with E-state index in [0.717, 1.165) is 5.56 Å². The molecule has 7 nitrogen and oxygen atoms in total. The first kappa shape index (κ1) is 21.4. The third kappa shape index (κ3) is 5.59. The molecule has 158 valence electrons. The van der Waals surface area contributed by atoms with Crippen LogP contribution >= 0.6 is 0 Å². The molecule has 0 aromatic heterocycles. The number of amides is 2. The van der Waals surface area contributed by atoms with Crippen LogP contribution in [0.15, 0.2) is 54.6 Å². The fourth-order valence-electron chi connectivity index (χ4n) is 3.19. The lowest BCUT2D eigenvalue weighted by atomic mass is 10.1. The number of hydrogen-bond acceptors (Lipinski definition) is 5. The second kappa shape index (κ2) is 10.4. The van der Waals surface area contributed by atoms with Crippen molar-refractivity contribution < 1.29 is 23.9 Å². The minimum Gasteiger partial charge on any atom is -0.489 e. The van der Waals surface area contributed by atoms with Gasteiger partial charge in [0.2, 0.25) is 5.91 Å². The summed E-state index contributed by atoms with van der Waals surface area (Å²) < 4.78 is 10.8. The molecular formula is C23H26N2O5. The fraction of sp³-hybridized carbons (Fsp3) is 0.348. The second-order valence-electron chi connectivity index (χ2n) is 7.03. The van der Waals surface area contributed by atoms with Crippen molar-refractivity contribution >= 4 is 17.8 Å². The van der Waals surface area contributed by atoms with E-state index in [-0.39, 0.29) is 18.2 Å². The number of piperazine rings is 1. The van der Waals surface area contributed by atoms with E-state index in [9.17, 15) is 14.4 Å². The number of nitrogens with one attached hydrogen (secondary N) is 1. The van der Waals surface area contributed by atoms with Gasteiger partial charge in [0.15, 0.2) is 0 Å². The van der Waals surface area contributed by atoms with E-state index in [1.165, 1.54) is 4.90 Å². The molecule has 0 bridgehead atoms. The molecule has 1 aliphatic rings. The Balaban J connectivity index is 1.64. The van der Waals surface area contributed by atoms with Gasteiger partial charge in [0.25, 0.3) is 5.91 Å². The topological polar surface area (TPSA) is 84.9 Å². The van der Waals surface area contributed by atoms with Gasteiger partial charge in [-0.05, 0) is 36.2 Å². The van der Waals surface area contributed by atoms with Gasteiger partial charge in [-0.1, -0.05) is 37.3 Å². The van der Waals surface area contributed by atoms with Crippen LogP contribution in [0.2, 0.25) is 0 Å². The molecule has 0 radical (unpaired) electrons. The Morgan fingerprint density at radius 1 is 1.10 bits per heavy atom. The molecule has 1 heterocycles. The van der Waals surface area contributed by atoms with Crippen LogP contribution < -0.4 is 10.1 Å². The van der Waals surface area contributed by atoms with Crippen molar-refractivity contribution in [2.75, 3.05) is 19.7 Å². The summed E-state index contributed by atoms with van der Waals surface area (Å²) in [5.41, 5.74) is 1.48. The van der Waals surface area contributed by atoms with Gasteiger partial charge < -0.3 is 19.7 Å². The highest BCUT2D eigenvalue weighted by Crippen LogP contribution is 2.18. The van der Waals surface area contributed by atoms with Gasteiger partial charge in [-0.25, -0.2) is 0 Å². The van der Waals surface area contributed by atoms with Crippen molar-refractivity contribution in [1.29, 1.82) is 0 Å². The number of hydrogen-bond donors (Lipinski definition) is 1. The molecule has 30 heavy (non-hydrogen) atoms. The number of benzene rings is 2. The Hall–Kier alpha value is -3.35. The maximum absolute atomic E-state index is 13.0. The highest BCUT2D eigenvalue weighted by molar-refractivity contribution is 5.99. The van der Waals surface area contributed by atoms with Crippen LogP contribution in [-0.2, 0) is 20.9 Å². The highest BCUT2D eigenvalue weighted by atomic mass is 16.5. The number of rotatable bonds is 8. The first-order valence-corrected chi connectivity index (χ1v) is 10.1. The molecule has 3 rings (SSSR count). The highest BCUT2D eigenvalue weighted by Gasteiger charge is 2.35. The van der Waals surface area contributed by atoms with E-state index in [1.54, 1.807) is 24.3 Å². The minimum atomic E-state index is -0.871. The van der Waals surface area contributed by atoms with Gasteiger partial charge in [0.1, 0.15) is 18.4 Å². The third-order valence-electron chi connectivity index (χ3n) is 4.77. The molecule has 2 amide bonds. The first-order chi connectivity index (χ1) is 14.6. The van der Waals surface area contributed by atoms with Crippen molar-refractivity contribution in [3.8, 4) is 5.75 Å². The summed E-state index contributed by atoms with van der Waals surface area (Å²) >= 11 is 0. The van der Waals surface area contributed by atoms with E-state index in [1.807, 2.05) is 37.3 Å². The molecule has 0 aliphatic carbocycles. The van der Waals surface area contributed by atoms with Crippen LogP contribution in [0.5, 0.6) is 5.75 Å². The summed E-state index contributed by atoms with van der Waals surface area (Å²) in [6.45, 7) is 3.31. The zero-order chi connectivity index (χ0) is 21.3. The predicted octanol–water partition coefficient (Wildman–Crippen LogP) is 2.55. The Bertz CT molecular complexity index is 867. The van der Waals surface area contributed by atoms with Crippen molar-refractivity contribution in [3.63, 3.8) is 0 Å². The van der Waals surface area contributed by atoms with Crippen LogP contribution in [0, 0.1) is 0 Å². The van der Waals surface area contributed by atoms with Gasteiger partial charge >= 0.3 is 5.97 Å². The molecule has 1 saturated heterocycles. The van der Waals surface area contributed by atoms with Crippen LogP contribution in [-0.4, -0.2) is 48.4 Å². The Morgan fingerprint density at radius 3 is 2.53 bits per heavy atom. The smallest absolute Gasteiger partial charge is 0.308 e. The van der Waals surface area contributed by atoms with E-state index >= 15 is 0 Å². The van der Waals surface area contributed by atoms with Crippen molar-refractivity contribution in [3.05, 3.63) is 65.7 Å². The number of nitrogens with zero attached hydrogens (tertiary/aromatic N) is 1. The number of esters is 1. The van der Waals surface area contributed by atoms with E-state index in [0.29, 0.717) is 44.0 Å². The second-order valence-corrected chi connectivity index (χ2v) is 7.03. The van der Waals surface area contributed by atoms with Crippen LogP contribution in [0.4, 0.5) is 0 Å². The van der Waals surface area contributed by atoms with E-state index < -0.39 is 12.0 Å². The molecule has 0 saturated carbocycles.